The Bertz CT molecular complexity index is 414. The first-order valence-corrected chi connectivity index (χ1v) is 5.78. The third-order valence-electron chi connectivity index (χ3n) is 3.60. The zero-order valence-electron chi connectivity index (χ0n) is 10.1. The van der Waals surface area contributed by atoms with Gasteiger partial charge in [0.2, 0.25) is 17.5 Å². The molecule has 2 aliphatic heterocycles. The zero-order chi connectivity index (χ0) is 13.5. The molecule has 100 valence electrons. The minimum atomic E-state index is -2.34. The summed E-state index contributed by atoms with van der Waals surface area (Å²) in [7, 11) is 1.61. The van der Waals surface area contributed by atoms with E-state index in [1.54, 1.807) is 7.05 Å². The number of likely N-dealkylation sites (tertiary alicyclic amines) is 2. The van der Waals surface area contributed by atoms with Gasteiger partial charge in [-0.25, -0.2) is 9.18 Å². The molecule has 2 unspecified atom stereocenters. The second kappa shape index (κ2) is 4.22. The van der Waals surface area contributed by atoms with Crippen molar-refractivity contribution in [3.63, 3.8) is 0 Å². The standard InChI is InChI=1S/C11H15FN2O4/c1-13-5-7(4-8(13)15)9(16)14-3-2-11(12,6-14)10(17)18/h7H,2-6H2,1H3,(H,17,18). The van der Waals surface area contributed by atoms with Gasteiger partial charge in [0.25, 0.3) is 0 Å². The van der Waals surface area contributed by atoms with Crippen LogP contribution in [0.3, 0.4) is 0 Å². The molecule has 2 heterocycles. The van der Waals surface area contributed by atoms with Gasteiger partial charge in [0, 0.05) is 33.0 Å². The van der Waals surface area contributed by atoms with Crippen LogP contribution < -0.4 is 0 Å². The number of carboxylic acids is 1. The summed E-state index contributed by atoms with van der Waals surface area (Å²) in [4.78, 5) is 36.8. The molecule has 0 aromatic carbocycles. The Hall–Kier alpha value is -1.66. The molecule has 18 heavy (non-hydrogen) atoms. The second-order valence-electron chi connectivity index (χ2n) is 4.96. The fourth-order valence-corrected chi connectivity index (χ4v) is 2.42. The lowest BCUT2D eigenvalue weighted by molar-refractivity contribution is -0.150. The van der Waals surface area contributed by atoms with Crippen molar-refractivity contribution < 1.29 is 23.9 Å². The molecule has 0 aromatic rings. The van der Waals surface area contributed by atoms with Crippen LogP contribution in [0, 0.1) is 5.92 Å². The van der Waals surface area contributed by atoms with Gasteiger partial charge in [0.15, 0.2) is 0 Å². The number of hydrogen-bond acceptors (Lipinski definition) is 3. The lowest BCUT2D eigenvalue weighted by Gasteiger charge is -2.20. The summed E-state index contributed by atoms with van der Waals surface area (Å²) in [5.74, 6) is -2.44. The Balaban J connectivity index is 2.00. The molecule has 2 rings (SSSR count). The minimum absolute atomic E-state index is 0.0933. The number of aliphatic carboxylic acids is 1. The Morgan fingerprint density at radius 2 is 2.17 bits per heavy atom. The SMILES string of the molecule is CN1CC(C(=O)N2CCC(F)(C(=O)O)C2)CC1=O. The summed E-state index contributed by atoms with van der Waals surface area (Å²) in [6.45, 7) is -0.00780. The molecule has 0 bridgehead atoms. The predicted molar refractivity (Wildman–Crippen MR) is 58.4 cm³/mol. The van der Waals surface area contributed by atoms with Crippen molar-refractivity contribution in [3.8, 4) is 0 Å². The molecule has 6 nitrogen and oxygen atoms in total. The van der Waals surface area contributed by atoms with E-state index >= 15 is 0 Å². The van der Waals surface area contributed by atoms with Crippen molar-refractivity contribution in [2.24, 2.45) is 5.92 Å². The van der Waals surface area contributed by atoms with E-state index in [0.29, 0.717) is 6.54 Å². The van der Waals surface area contributed by atoms with Crippen molar-refractivity contribution in [2.75, 3.05) is 26.7 Å². The Morgan fingerprint density at radius 1 is 1.50 bits per heavy atom. The van der Waals surface area contributed by atoms with Crippen LogP contribution in [-0.4, -0.2) is 65.0 Å². The average molecular weight is 258 g/mol. The van der Waals surface area contributed by atoms with Gasteiger partial charge < -0.3 is 14.9 Å². The Morgan fingerprint density at radius 3 is 2.61 bits per heavy atom. The number of rotatable bonds is 2. The smallest absolute Gasteiger partial charge is 0.343 e. The van der Waals surface area contributed by atoms with Crippen LogP contribution in [0.4, 0.5) is 4.39 Å². The molecule has 2 fully saturated rings. The summed E-state index contributed by atoms with van der Waals surface area (Å²) in [5.41, 5.74) is -2.34. The van der Waals surface area contributed by atoms with Gasteiger partial charge in [-0.1, -0.05) is 0 Å². The molecule has 0 aromatic heterocycles. The highest BCUT2D eigenvalue weighted by Gasteiger charge is 2.48. The van der Waals surface area contributed by atoms with Crippen LogP contribution in [0.15, 0.2) is 0 Å². The number of carbonyl (C=O) groups excluding carboxylic acids is 2. The molecular formula is C11H15FN2O4. The van der Waals surface area contributed by atoms with E-state index in [0.717, 1.165) is 0 Å². The van der Waals surface area contributed by atoms with Crippen molar-refractivity contribution in [1.82, 2.24) is 9.80 Å². The number of nitrogens with zero attached hydrogens (tertiary/aromatic N) is 2. The maximum atomic E-state index is 13.8. The van der Waals surface area contributed by atoms with Gasteiger partial charge in [0.05, 0.1) is 12.5 Å². The quantitative estimate of drug-likeness (QED) is 0.723. The third kappa shape index (κ3) is 2.04. The molecule has 0 radical (unpaired) electrons. The lowest BCUT2D eigenvalue weighted by atomic mass is 10.1. The normalized spacial score (nSPS) is 32.1. The molecule has 2 aliphatic rings. The topological polar surface area (TPSA) is 77.9 Å². The first-order chi connectivity index (χ1) is 8.33. The van der Waals surface area contributed by atoms with Crippen molar-refractivity contribution in [3.05, 3.63) is 0 Å². The van der Waals surface area contributed by atoms with Crippen molar-refractivity contribution >= 4 is 17.8 Å². The van der Waals surface area contributed by atoms with E-state index < -0.39 is 24.1 Å². The van der Waals surface area contributed by atoms with Gasteiger partial charge in [-0.2, -0.15) is 0 Å². The summed E-state index contributed by atoms with van der Waals surface area (Å²) in [5, 5.41) is 8.75. The molecular weight excluding hydrogens is 243 g/mol. The van der Waals surface area contributed by atoms with Gasteiger partial charge in [0.1, 0.15) is 0 Å². The number of amides is 2. The Labute approximate surface area is 103 Å². The average Bonchev–Trinajstić information content (AvgIpc) is 2.84. The van der Waals surface area contributed by atoms with Crippen LogP contribution in [0.2, 0.25) is 0 Å². The minimum Gasteiger partial charge on any atom is -0.479 e. The molecule has 2 atom stereocenters. The monoisotopic (exact) mass is 258 g/mol. The molecule has 1 N–H and O–H groups in total. The van der Waals surface area contributed by atoms with Crippen LogP contribution >= 0.6 is 0 Å². The van der Waals surface area contributed by atoms with E-state index in [2.05, 4.69) is 0 Å². The highest BCUT2D eigenvalue weighted by molar-refractivity contribution is 5.90. The van der Waals surface area contributed by atoms with Crippen LogP contribution in [0.5, 0.6) is 0 Å². The summed E-state index contributed by atoms with van der Waals surface area (Å²) < 4.78 is 13.8. The second-order valence-corrected chi connectivity index (χ2v) is 4.96. The first-order valence-electron chi connectivity index (χ1n) is 5.78. The maximum Gasteiger partial charge on any atom is 0.343 e. The number of halogens is 1. The van der Waals surface area contributed by atoms with Gasteiger partial charge in [-0.15, -0.1) is 0 Å². The van der Waals surface area contributed by atoms with Crippen LogP contribution in [0.1, 0.15) is 12.8 Å². The number of alkyl halides is 1. The summed E-state index contributed by atoms with van der Waals surface area (Å²) >= 11 is 0. The van der Waals surface area contributed by atoms with E-state index in [1.165, 1.54) is 9.80 Å². The molecule has 2 amide bonds. The first kappa shape index (κ1) is 12.8. The van der Waals surface area contributed by atoms with Crippen molar-refractivity contribution in [2.45, 2.75) is 18.5 Å². The van der Waals surface area contributed by atoms with Gasteiger partial charge in [-0.3, -0.25) is 9.59 Å². The van der Waals surface area contributed by atoms with Crippen molar-refractivity contribution in [1.29, 1.82) is 0 Å². The van der Waals surface area contributed by atoms with E-state index in [9.17, 15) is 18.8 Å². The van der Waals surface area contributed by atoms with Gasteiger partial charge >= 0.3 is 5.97 Å². The third-order valence-corrected chi connectivity index (χ3v) is 3.60. The molecule has 2 saturated heterocycles. The maximum absolute atomic E-state index is 13.8. The largest absolute Gasteiger partial charge is 0.479 e. The summed E-state index contributed by atoms with van der Waals surface area (Å²) in [6, 6.07) is 0. The van der Waals surface area contributed by atoms with E-state index in [4.69, 9.17) is 5.11 Å². The lowest BCUT2D eigenvalue weighted by Crippen LogP contribution is -2.41. The zero-order valence-corrected chi connectivity index (χ0v) is 10.1. The highest BCUT2D eigenvalue weighted by atomic mass is 19.1. The fourth-order valence-electron chi connectivity index (χ4n) is 2.42. The summed E-state index contributed by atoms with van der Waals surface area (Å²) in [6.07, 6.45) is -0.0667. The molecule has 0 spiro atoms. The van der Waals surface area contributed by atoms with Crippen LogP contribution in [0.25, 0.3) is 0 Å². The van der Waals surface area contributed by atoms with Gasteiger partial charge in [-0.05, 0) is 0 Å². The van der Waals surface area contributed by atoms with E-state index in [1.807, 2.05) is 0 Å². The molecule has 7 heteroatoms. The van der Waals surface area contributed by atoms with Crippen LogP contribution in [-0.2, 0) is 14.4 Å². The number of hydrogen-bond donors (Lipinski definition) is 1. The molecule has 0 aliphatic carbocycles. The fraction of sp³-hybridized carbons (Fsp3) is 0.727. The number of carboxylic acid groups (broad SMARTS) is 1. The predicted octanol–water partition coefficient (Wildman–Crippen LogP) is -0.510. The number of carbonyl (C=O) groups is 3. The highest BCUT2D eigenvalue weighted by Crippen LogP contribution is 2.28. The Kier molecular flexibility index (Phi) is 3.00. The molecule has 0 saturated carbocycles. The van der Waals surface area contributed by atoms with E-state index in [-0.39, 0.29) is 31.2 Å².